The summed E-state index contributed by atoms with van der Waals surface area (Å²) in [5.74, 6) is 0.866. The first-order valence-corrected chi connectivity index (χ1v) is 7.58. The summed E-state index contributed by atoms with van der Waals surface area (Å²) in [6.07, 6.45) is 3.43. The number of carbonyl (C=O) groups is 1. The quantitative estimate of drug-likeness (QED) is 0.912. The van der Waals surface area contributed by atoms with Crippen molar-refractivity contribution in [3.8, 4) is 0 Å². The number of nitrogens with zero attached hydrogens (tertiary/aromatic N) is 1. The molecule has 1 heterocycles. The second-order valence-corrected chi connectivity index (χ2v) is 5.95. The van der Waals surface area contributed by atoms with Crippen LogP contribution in [0, 0.1) is 6.92 Å². The topological polar surface area (TPSA) is 42.0 Å². The summed E-state index contributed by atoms with van der Waals surface area (Å²) >= 11 is 1.64. The Morgan fingerprint density at radius 1 is 1.30 bits per heavy atom. The van der Waals surface area contributed by atoms with E-state index < -0.39 is 0 Å². The van der Waals surface area contributed by atoms with Crippen LogP contribution in [0.15, 0.2) is 48.8 Å². The van der Waals surface area contributed by atoms with Gasteiger partial charge in [-0.05, 0) is 31.0 Å². The van der Waals surface area contributed by atoms with E-state index in [1.165, 1.54) is 5.56 Å². The first-order chi connectivity index (χ1) is 9.66. The minimum atomic E-state index is -0.0947. The third-order valence-corrected chi connectivity index (χ3v) is 4.20. The molecule has 20 heavy (non-hydrogen) atoms. The predicted molar refractivity (Wildman–Crippen MR) is 84.8 cm³/mol. The van der Waals surface area contributed by atoms with E-state index in [2.05, 4.69) is 22.4 Å². The van der Waals surface area contributed by atoms with Gasteiger partial charge in [0.2, 0.25) is 5.91 Å². The molecule has 0 aliphatic heterocycles. The SMILES string of the molecule is Cc1cnccc1NC(=O)[C@@H](C)SCc1ccccc1. The van der Waals surface area contributed by atoms with E-state index in [-0.39, 0.29) is 11.2 Å². The maximum absolute atomic E-state index is 12.1. The second kappa shape index (κ2) is 7.10. The summed E-state index contributed by atoms with van der Waals surface area (Å²) in [6.45, 7) is 3.86. The fraction of sp³-hybridized carbons (Fsp3) is 0.250. The smallest absolute Gasteiger partial charge is 0.237 e. The van der Waals surface area contributed by atoms with E-state index in [4.69, 9.17) is 0 Å². The van der Waals surface area contributed by atoms with Crippen LogP contribution < -0.4 is 5.32 Å². The molecule has 0 unspecified atom stereocenters. The van der Waals surface area contributed by atoms with Crippen molar-refractivity contribution in [2.45, 2.75) is 24.9 Å². The number of anilines is 1. The molecule has 1 N–H and O–H groups in total. The van der Waals surface area contributed by atoms with Crippen LogP contribution in [0.4, 0.5) is 5.69 Å². The molecule has 104 valence electrons. The monoisotopic (exact) mass is 286 g/mol. The van der Waals surface area contributed by atoms with Crippen molar-refractivity contribution < 1.29 is 4.79 Å². The molecule has 1 atom stereocenters. The number of rotatable bonds is 5. The Morgan fingerprint density at radius 2 is 2.05 bits per heavy atom. The fourth-order valence-electron chi connectivity index (χ4n) is 1.72. The van der Waals surface area contributed by atoms with Crippen LogP contribution in [0.3, 0.4) is 0 Å². The van der Waals surface area contributed by atoms with Gasteiger partial charge in [-0.25, -0.2) is 0 Å². The van der Waals surface area contributed by atoms with Crippen LogP contribution in [0.25, 0.3) is 0 Å². The highest BCUT2D eigenvalue weighted by Crippen LogP contribution is 2.20. The van der Waals surface area contributed by atoms with Crippen molar-refractivity contribution >= 4 is 23.4 Å². The molecule has 0 radical (unpaired) electrons. The van der Waals surface area contributed by atoms with Crippen LogP contribution in [0.5, 0.6) is 0 Å². The number of amides is 1. The number of pyridine rings is 1. The number of hydrogen-bond donors (Lipinski definition) is 1. The predicted octanol–water partition coefficient (Wildman–Crippen LogP) is 3.65. The number of hydrogen-bond acceptors (Lipinski definition) is 3. The van der Waals surface area contributed by atoms with Gasteiger partial charge in [-0.2, -0.15) is 0 Å². The highest BCUT2D eigenvalue weighted by atomic mass is 32.2. The number of nitrogens with one attached hydrogen (secondary N) is 1. The lowest BCUT2D eigenvalue weighted by Crippen LogP contribution is -2.23. The Bertz CT molecular complexity index is 572. The fourth-order valence-corrected chi connectivity index (χ4v) is 2.56. The Balaban J connectivity index is 1.88. The highest BCUT2D eigenvalue weighted by molar-refractivity contribution is 7.99. The zero-order chi connectivity index (χ0) is 14.4. The third-order valence-electron chi connectivity index (χ3n) is 2.99. The van der Waals surface area contributed by atoms with Crippen LogP contribution >= 0.6 is 11.8 Å². The molecule has 4 heteroatoms. The third kappa shape index (κ3) is 4.10. The Hall–Kier alpha value is -1.81. The van der Waals surface area contributed by atoms with E-state index in [1.807, 2.05) is 38.1 Å². The van der Waals surface area contributed by atoms with Crippen LogP contribution in [0.1, 0.15) is 18.1 Å². The van der Waals surface area contributed by atoms with E-state index in [0.717, 1.165) is 17.0 Å². The van der Waals surface area contributed by atoms with Gasteiger partial charge < -0.3 is 5.32 Å². The van der Waals surface area contributed by atoms with Gasteiger partial charge in [0.25, 0.3) is 0 Å². The largest absolute Gasteiger partial charge is 0.325 e. The molecule has 0 fully saturated rings. The Morgan fingerprint density at radius 3 is 2.75 bits per heavy atom. The average Bonchev–Trinajstić information content (AvgIpc) is 2.48. The molecular formula is C16H18N2OS. The van der Waals surface area contributed by atoms with Crippen molar-refractivity contribution in [2.75, 3.05) is 5.32 Å². The normalized spacial score (nSPS) is 11.9. The van der Waals surface area contributed by atoms with Crippen molar-refractivity contribution in [1.29, 1.82) is 0 Å². The molecule has 0 aliphatic rings. The van der Waals surface area contributed by atoms with Crippen molar-refractivity contribution in [3.05, 3.63) is 59.9 Å². The van der Waals surface area contributed by atoms with Gasteiger partial charge in [-0.1, -0.05) is 30.3 Å². The molecule has 0 saturated carbocycles. The molecule has 0 bridgehead atoms. The summed E-state index contributed by atoms with van der Waals surface area (Å²) in [5, 5.41) is 2.85. The summed E-state index contributed by atoms with van der Waals surface area (Å²) in [7, 11) is 0. The molecule has 1 aromatic heterocycles. The molecule has 0 saturated heterocycles. The van der Waals surface area contributed by atoms with Crippen LogP contribution in [-0.2, 0) is 10.5 Å². The average molecular weight is 286 g/mol. The van der Waals surface area contributed by atoms with Gasteiger partial charge in [0.05, 0.1) is 5.25 Å². The van der Waals surface area contributed by atoms with Crippen LogP contribution in [-0.4, -0.2) is 16.1 Å². The Labute approximate surface area is 123 Å². The van der Waals surface area contributed by atoms with E-state index >= 15 is 0 Å². The Kier molecular flexibility index (Phi) is 5.18. The summed E-state index contributed by atoms with van der Waals surface area (Å²) in [5.41, 5.74) is 3.04. The first-order valence-electron chi connectivity index (χ1n) is 6.54. The minimum absolute atomic E-state index is 0.0280. The van der Waals surface area contributed by atoms with Gasteiger partial charge >= 0.3 is 0 Å². The van der Waals surface area contributed by atoms with Crippen molar-refractivity contribution in [1.82, 2.24) is 4.98 Å². The number of aromatic nitrogens is 1. The van der Waals surface area contributed by atoms with Gasteiger partial charge in [-0.15, -0.1) is 11.8 Å². The lowest BCUT2D eigenvalue weighted by molar-refractivity contribution is -0.115. The highest BCUT2D eigenvalue weighted by Gasteiger charge is 2.14. The molecule has 2 rings (SSSR count). The van der Waals surface area contributed by atoms with Gasteiger partial charge in [0.1, 0.15) is 0 Å². The van der Waals surface area contributed by atoms with Crippen molar-refractivity contribution in [3.63, 3.8) is 0 Å². The summed E-state index contributed by atoms with van der Waals surface area (Å²) < 4.78 is 0. The zero-order valence-electron chi connectivity index (χ0n) is 11.7. The molecule has 0 spiro atoms. The van der Waals surface area contributed by atoms with E-state index in [0.29, 0.717) is 0 Å². The lowest BCUT2D eigenvalue weighted by atomic mass is 10.2. The lowest BCUT2D eigenvalue weighted by Gasteiger charge is -2.13. The number of benzene rings is 1. The molecule has 3 nitrogen and oxygen atoms in total. The minimum Gasteiger partial charge on any atom is -0.325 e. The van der Waals surface area contributed by atoms with Crippen molar-refractivity contribution in [2.24, 2.45) is 0 Å². The number of aryl methyl sites for hydroxylation is 1. The van der Waals surface area contributed by atoms with E-state index in [1.54, 1.807) is 24.2 Å². The zero-order valence-corrected chi connectivity index (χ0v) is 12.5. The van der Waals surface area contributed by atoms with Gasteiger partial charge in [0, 0.05) is 23.8 Å². The van der Waals surface area contributed by atoms with Gasteiger partial charge in [0.15, 0.2) is 0 Å². The molecule has 2 aromatic rings. The number of thioether (sulfide) groups is 1. The summed E-state index contributed by atoms with van der Waals surface area (Å²) in [4.78, 5) is 16.2. The maximum atomic E-state index is 12.1. The first kappa shape index (κ1) is 14.6. The molecule has 1 amide bonds. The second-order valence-electron chi connectivity index (χ2n) is 4.62. The molecule has 0 aliphatic carbocycles. The standard InChI is InChI=1S/C16H18N2OS/c1-12-10-17-9-8-15(12)18-16(19)13(2)20-11-14-6-4-3-5-7-14/h3-10,13H,11H2,1-2H3,(H,17,18,19)/t13-/m1/s1. The van der Waals surface area contributed by atoms with Crippen LogP contribution in [0.2, 0.25) is 0 Å². The molecule has 1 aromatic carbocycles. The maximum Gasteiger partial charge on any atom is 0.237 e. The summed E-state index contributed by atoms with van der Waals surface area (Å²) in [6, 6.07) is 12.0. The molecular weight excluding hydrogens is 268 g/mol. The van der Waals surface area contributed by atoms with Gasteiger partial charge in [-0.3, -0.25) is 9.78 Å². The number of carbonyl (C=O) groups excluding carboxylic acids is 1. The van der Waals surface area contributed by atoms with E-state index in [9.17, 15) is 4.79 Å².